The molecule has 1 aromatic carbocycles. The molecular formula is C18H24N4O2. The summed E-state index contributed by atoms with van der Waals surface area (Å²) in [5, 5.41) is 3.07. The number of nitrogens with zero attached hydrogens (tertiary/aromatic N) is 3. The Kier molecular flexibility index (Phi) is 4.57. The van der Waals surface area contributed by atoms with Crippen molar-refractivity contribution in [2.75, 3.05) is 19.7 Å². The molecule has 0 bridgehead atoms. The molecule has 0 unspecified atom stereocenters. The lowest BCUT2D eigenvalue weighted by molar-refractivity contribution is -0.0735. The molecule has 128 valence electrons. The molecular weight excluding hydrogens is 304 g/mol. The molecule has 24 heavy (non-hydrogen) atoms. The SMILES string of the molecule is C[C@H](NC(=O)N1CCOC(C)(C)C1)c1ccc(-n2ccnc2)cc1. The van der Waals surface area contributed by atoms with Crippen molar-refractivity contribution in [3.05, 3.63) is 48.5 Å². The van der Waals surface area contributed by atoms with Crippen molar-refractivity contribution in [1.82, 2.24) is 19.8 Å². The van der Waals surface area contributed by atoms with Gasteiger partial charge in [0.05, 0.1) is 31.1 Å². The van der Waals surface area contributed by atoms with Crippen LogP contribution in [0.4, 0.5) is 4.79 Å². The highest BCUT2D eigenvalue weighted by Crippen LogP contribution is 2.19. The molecule has 1 aliphatic heterocycles. The third kappa shape index (κ3) is 3.76. The fraction of sp³-hybridized carbons (Fsp3) is 0.444. The zero-order valence-electron chi connectivity index (χ0n) is 14.4. The van der Waals surface area contributed by atoms with Gasteiger partial charge in [-0.05, 0) is 38.5 Å². The summed E-state index contributed by atoms with van der Waals surface area (Å²) in [5.74, 6) is 0. The topological polar surface area (TPSA) is 59.4 Å². The molecule has 2 heterocycles. The van der Waals surface area contributed by atoms with Crippen molar-refractivity contribution in [2.24, 2.45) is 0 Å². The van der Waals surface area contributed by atoms with E-state index in [1.165, 1.54) is 0 Å². The van der Waals surface area contributed by atoms with Crippen molar-refractivity contribution in [1.29, 1.82) is 0 Å². The lowest BCUT2D eigenvalue weighted by Crippen LogP contribution is -2.53. The van der Waals surface area contributed by atoms with Crippen LogP contribution >= 0.6 is 0 Å². The van der Waals surface area contributed by atoms with E-state index in [1.807, 2.05) is 60.7 Å². The molecule has 1 saturated heterocycles. The van der Waals surface area contributed by atoms with Crippen molar-refractivity contribution in [3.63, 3.8) is 0 Å². The number of ether oxygens (including phenoxy) is 1. The van der Waals surface area contributed by atoms with E-state index in [0.717, 1.165) is 11.3 Å². The highest BCUT2D eigenvalue weighted by Gasteiger charge is 2.30. The number of urea groups is 1. The number of carbonyl (C=O) groups excluding carboxylic acids is 1. The van der Waals surface area contributed by atoms with Crippen LogP contribution in [0.25, 0.3) is 5.69 Å². The summed E-state index contributed by atoms with van der Waals surface area (Å²) in [4.78, 5) is 18.3. The van der Waals surface area contributed by atoms with Gasteiger partial charge in [0.25, 0.3) is 0 Å². The number of amides is 2. The van der Waals surface area contributed by atoms with Gasteiger partial charge >= 0.3 is 6.03 Å². The number of aromatic nitrogens is 2. The molecule has 2 amide bonds. The van der Waals surface area contributed by atoms with E-state index in [9.17, 15) is 4.79 Å². The van der Waals surface area contributed by atoms with Gasteiger partial charge in [0.2, 0.25) is 0 Å². The second-order valence-corrected chi connectivity index (χ2v) is 6.76. The second kappa shape index (κ2) is 6.65. The Hall–Kier alpha value is -2.34. The van der Waals surface area contributed by atoms with E-state index >= 15 is 0 Å². The number of nitrogens with one attached hydrogen (secondary N) is 1. The number of imidazole rings is 1. The van der Waals surface area contributed by atoms with Gasteiger partial charge in [-0.3, -0.25) is 0 Å². The van der Waals surface area contributed by atoms with E-state index in [1.54, 1.807) is 12.5 Å². The molecule has 3 rings (SSSR count). The van der Waals surface area contributed by atoms with Gasteiger partial charge in [-0.1, -0.05) is 12.1 Å². The van der Waals surface area contributed by atoms with Gasteiger partial charge in [-0.25, -0.2) is 9.78 Å². The van der Waals surface area contributed by atoms with Crippen LogP contribution < -0.4 is 5.32 Å². The van der Waals surface area contributed by atoms with Crippen molar-refractivity contribution >= 4 is 6.03 Å². The zero-order valence-corrected chi connectivity index (χ0v) is 14.4. The van der Waals surface area contributed by atoms with Crippen molar-refractivity contribution in [2.45, 2.75) is 32.4 Å². The molecule has 0 spiro atoms. The molecule has 6 nitrogen and oxygen atoms in total. The Morgan fingerprint density at radius 1 is 1.33 bits per heavy atom. The summed E-state index contributed by atoms with van der Waals surface area (Å²) in [6.45, 7) is 7.81. The molecule has 1 aromatic heterocycles. The molecule has 1 atom stereocenters. The molecule has 0 radical (unpaired) electrons. The zero-order chi connectivity index (χ0) is 17.2. The normalized spacial score (nSPS) is 18.2. The van der Waals surface area contributed by atoms with E-state index in [2.05, 4.69) is 10.3 Å². The largest absolute Gasteiger partial charge is 0.372 e. The monoisotopic (exact) mass is 328 g/mol. The smallest absolute Gasteiger partial charge is 0.318 e. The van der Waals surface area contributed by atoms with Crippen molar-refractivity contribution in [3.8, 4) is 5.69 Å². The van der Waals surface area contributed by atoms with Crippen LogP contribution in [0.1, 0.15) is 32.4 Å². The Morgan fingerprint density at radius 2 is 2.08 bits per heavy atom. The first-order chi connectivity index (χ1) is 11.4. The summed E-state index contributed by atoms with van der Waals surface area (Å²) in [5.41, 5.74) is 1.83. The highest BCUT2D eigenvalue weighted by atomic mass is 16.5. The predicted octanol–water partition coefficient (Wildman–Crippen LogP) is 2.75. The maximum Gasteiger partial charge on any atom is 0.318 e. The second-order valence-electron chi connectivity index (χ2n) is 6.76. The summed E-state index contributed by atoms with van der Waals surface area (Å²) >= 11 is 0. The minimum absolute atomic E-state index is 0.0439. The van der Waals surface area contributed by atoms with Gasteiger partial charge in [0.1, 0.15) is 0 Å². The van der Waals surface area contributed by atoms with Crippen LogP contribution in [-0.4, -0.2) is 45.8 Å². The van der Waals surface area contributed by atoms with E-state index in [4.69, 9.17) is 4.74 Å². The first-order valence-corrected chi connectivity index (χ1v) is 8.22. The van der Waals surface area contributed by atoms with Crippen molar-refractivity contribution < 1.29 is 9.53 Å². The minimum atomic E-state index is -0.286. The summed E-state index contributed by atoms with van der Waals surface area (Å²) in [6.07, 6.45) is 5.42. The standard InChI is InChI=1S/C18H24N4O2/c1-14(20-17(23)21-10-11-24-18(2,3)12-21)15-4-6-16(7-5-15)22-9-8-19-13-22/h4-9,13-14H,10-12H2,1-3H3,(H,20,23)/t14-/m0/s1. The number of rotatable bonds is 3. The van der Waals surface area contributed by atoms with E-state index in [-0.39, 0.29) is 17.7 Å². The molecule has 1 aliphatic rings. The Labute approximate surface area is 142 Å². The summed E-state index contributed by atoms with van der Waals surface area (Å²) in [6, 6.07) is 8.01. The number of carbonyl (C=O) groups is 1. The average molecular weight is 328 g/mol. The Morgan fingerprint density at radius 3 is 2.71 bits per heavy atom. The van der Waals surface area contributed by atoms with Gasteiger partial charge in [-0.2, -0.15) is 0 Å². The van der Waals surface area contributed by atoms with Gasteiger partial charge in [-0.15, -0.1) is 0 Å². The molecule has 0 aliphatic carbocycles. The molecule has 1 N–H and O–H groups in total. The number of morpholine rings is 1. The van der Waals surface area contributed by atoms with Crippen LogP contribution in [0.15, 0.2) is 43.0 Å². The van der Waals surface area contributed by atoms with Crippen LogP contribution in [0.3, 0.4) is 0 Å². The third-order valence-electron chi connectivity index (χ3n) is 4.25. The fourth-order valence-electron chi connectivity index (χ4n) is 2.90. The molecule has 1 fully saturated rings. The van der Waals surface area contributed by atoms with Crippen LogP contribution in [-0.2, 0) is 4.74 Å². The van der Waals surface area contributed by atoms with Gasteiger partial charge in [0.15, 0.2) is 0 Å². The first kappa shape index (κ1) is 16.5. The van der Waals surface area contributed by atoms with E-state index in [0.29, 0.717) is 19.7 Å². The van der Waals surface area contributed by atoms with Crippen LogP contribution in [0.2, 0.25) is 0 Å². The Bertz CT molecular complexity index is 680. The molecule has 6 heteroatoms. The van der Waals surface area contributed by atoms with Crippen LogP contribution in [0, 0.1) is 0 Å². The first-order valence-electron chi connectivity index (χ1n) is 8.22. The number of hydrogen-bond donors (Lipinski definition) is 1. The lowest BCUT2D eigenvalue weighted by Gasteiger charge is -2.38. The fourth-order valence-corrected chi connectivity index (χ4v) is 2.90. The highest BCUT2D eigenvalue weighted by molar-refractivity contribution is 5.75. The third-order valence-corrected chi connectivity index (χ3v) is 4.25. The maximum absolute atomic E-state index is 12.5. The molecule has 2 aromatic rings. The van der Waals surface area contributed by atoms with E-state index < -0.39 is 0 Å². The van der Waals surface area contributed by atoms with Gasteiger partial charge in [0, 0.05) is 24.6 Å². The van der Waals surface area contributed by atoms with Gasteiger partial charge < -0.3 is 19.5 Å². The molecule has 0 saturated carbocycles. The lowest BCUT2D eigenvalue weighted by atomic mass is 10.1. The average Bonchev–Trinajstić information content (AvgIpc) is 3.08. The minimum Gasteiger partial charge on any atom is -0.372 e. The number of benzene rings is 1. The summed E-state index contributed by atoms with van der Waals surface area (Å²) < 4.78 is 7.60. The number of hydrogen-bond acceptors (Lipinski definition) is 3. The maximum atomic E-state index is 12.5. The van der Waals surface area contributed by atoms with Crippen LogP contribution in [0.5, 0.6) is 0 Å². The quantitative estimate of drug-likeness (QED) is 0.942. The predicted molar refractivity (Wildman–Crippen MR) is 92.1 cm³/mol. The summed E-state index contributed by atoms with van der Waals surface area (Å²) in [7, 11) is 0. The Balaban J connectivity index is 1.62.